The quantitative estimate of drug-likeness (QED) is 0.518. The van der Waals surface area contributed by atoms with Crippen LogP contribution >= 0.6 is 22.9 Å². The predicted molar refractivity (Wildman–Crippen MR) is 107 cm³/mol. The Kier molecular flexibility index (Phi) is 6.79. The Morgan fingerprint density at radius 3 is 2.66 bits per heavy atom. The van der Waals surface area contributed by atoms with Crippen LogP contribution in [-0.2, 0) is 25.7 Å². The van der Waals surface area contributed by atoms with Crippen LogP contribution in [0.15, 0.2) is 12.1 Å². The first-order chi connectivity index (χ1) is 13.8. The highest BCUT2D eigenvalue weighted by molar-refractivity contribution is 7.16. The fourth-order valence-electron chi connectivity index (χ4n) is 3.66. The van der Waals surface area contributed by atoms with Crippen LogP contribution in [0.2, 0.25) is 4.34 Å². The zero-order valence-corrected chi connectivity index (χ0v) is 17.8. The number of rotatable bonds is 7. The highest BCUT2D eigenvalue weighted by Gasteiger charge is 2.51. The van der Waals surface area contributed by atoms with Gasteiger partial charge < -0.3 is 15.0 Å². The topological polar surface area (TPSA) is 96.0 Å². The average molecular weight is 442 g/mol. The van der Waals surface area contributed by atoms with Crippen molar-refractivity contribution in [2.24, 2.45) is 0 Å². The number of hydrogen-bond acceptors (Lipinski definition) is 6. The van der Waals surface area contributed by atoms with Crippen molar-refractivity contribution in [3.63, 3.8) is 0 Å². The Labute approximate surface area is 178 Å². The van der Waals surface area contributed by atoms with Gasteiger partial charge in [0, 0.05) is 18.5 Å². The maximum Gasteiger partial charge on any atom is 0.325 e. The lowest BCUT2D eigenvalue weighted by atomic mass is 9.82. The van der Waals surface area contributed by atoms with Crippen LogP contribution in [0.25, 0.3) is 0 Å². The number of hydrogen-bond donors (Lipinski definition) is 1. The van der Waals surface area contributed by atoms with E-state index in [1.807, 2.05) is 6.07 Å². The molecule has 2 fully saturated rings. The largest absolute Gasteiger partial charge is 0.456 e. The molecule has 1 aromatic heterocycles. The third-order valence-corrected chi connectivity index (χ3v) is 6.51. The zero-order chi connectivity index (χ0) is 21.0. The van der Waals surface area contributed by atoms with Crippen LogP contribution in [0.4, 0.5) is 4.79 Å². The van der Waals surface area contributed by atoms with Crippen molar-refractivity contribution in [1.82, 2.24) is 15.1 Å². The third-order valence-electron chi connectivity index (χ3n) is 5.30. The summed E-state index contributed by atoms with van der Waals surface area (Å²) in [6, 6.07) is 3.13. The lowest BCUT2D eigenvalue weighted by Gasteiger charge is -2.30. The van der Waals surface area contributed by atoms with Gasteiger partial charge in [0.15, 0.2) is 6.61 Å². The van der Waals surface area contributed by atoms with E-state index in [0.717, 1.165) is 29.0 Å². The van der Waals surface area contributed by atoms with E-state index in [1.165, 1.54) is 16.2 Å². The summed E-state index contributed by atoms with van der Waals surface area (Å²) in [6.07, 6.45) is 3.97. The molecule has 0 radical (unpaired) electrons. The van der Waals surface area contributed by atoms with Crippen molar-refractivity contribution >= 4 is 46.8 Å². The minimum Gasteiger partial charge on any atom is -0.456 e. The Hall–Kier alpha value is -2.13. The number of carbonyl (C=O) groups excluding carboxylic acids is 4. The summed E-state index contributed by atoms with van der Waals surface area (Å²) in [6.45, 7) is -0.0696. The molecule has 0 unspecified atom stereocenters. The van der Waals surface area contributed by atoms with Crippen LogP contribution in [0, 0.1) is 0 Å². The predicted octanol–water partition coefficient (Wildman–Crippen LogP) is 2.55. The average Bonchev–Trinajstić information content (AvgIpc) is 3.19. The Bertz CT molecular complexity index is 806. The van der Waals surface area contributed by atoms with Crippen LogP contribution in [0.1, 0.15) is 43.4 Å². The molecule has 158 valence electrons. The van der Waals surface area contributed by atoms with Crippen LogP contribution in [0.5, 0.6) is 0 Å². The molecule has 8 nitrogen and oxygen atoms in total. The van der Waals surface area contributed by atoms with Crippen LogP contribution in [0.3, 0.4) is 0 Å². The summed E-state index contributed by atoms with van der Waals surface area (Å²) in [5, 5.41) is 2.80. The monoisotopic (exact) mass is 441 g/mol. The standard InChI is InChI=1S/C19H24ClN3O5S/c1-22(11-13-5-6-14(20)29-13)15(24)12-28-16(25)7-10-23-17(26)19(21-18(23)27)8-3-2-4-9-19/h5-6H,2-4,7-12H2,1H3,(H,21,27). The molecule has 2 heterocycles. The molecule has 0 bridgehead atoms. The smallest absolute Gasteiger partial charge is 0.325 e. The molecule has 1 aromatic rings. The van der Waals surface area contributed by atoms with E-state index in [-0.39, 0.29) is 24.8 Å². The van der Waals surface area contributed by atoms with Gasteiger partial charge >= 0.3 is 12.0 Å². The minimum absolute atomic E-state index is 0.0526. The van der Waals surface area contributed by atoms with Crippen molar-refractivity contribution in [2.75, 3.05) is 20.2 Å². The van der Waals surface area contributed by atoms with Crippen molar-refractivity contribution in [3.8, 4) is 0 Å². The van der Waals surface area contributed by atoms with Crippen molar-refractivity contribution in [1.29, 1.82) is 0 Å². The molecule has 2 aliphatic rings. The van der Waals surface area contributed by atoms with Crippen molar-refractivity contribution < 1.29 is 23.9 Å². The second-order valence-corrected chi connectivity index (χ2v) is 9.20. The molecule has 1 saturated heterocycles. The summed E-state index contributed by atoms with van der Waals surface area (Å²) in [7, 11) is 1.61. The first-order valence-corrected chi connectivity index (χ1v) is 10.8. The van der Waals surface area contributed by atoms with E-state index in [2.05, 4.69) is 5.32 Å². The van der Waals surface area contributed by atoms with Gasteiger partial charge in [0.25, 0.3) is 11.8 Å². The number of ether oxygens (including phenoxy) is 1. The number of thiophene rings is 1. The summed E-state index contributed by atoms with van der Waals surface area (Å²) in [5.41, 5.74) is -0.803. The van der Waals surface area contributed by atoms with Gasteiger partial charge in [0.2, 0.25) is 0 Å². The first kappa shape index (κ1) is 21.6. The summed E-state index contributed by atoms with van der Waals surface area (Å²) >= 11 is 7.25. The number of nitrogens with one attached hydrogen (secondary N) is 1. The van der Waals surface area contributed by atoms with Crippen molar-refractivity contribution in [3.05, 3.63) is 21.3 Å². The Balaban J connectivity index is 1.42. The maximum absolute atomic E-state index is 12.7. The fraction of sp³-hybridized carbons (Fsp3) is 0.579. The van der Waals surface area contributed by atoms with Crippen LogP contribution < -0.4 is 5.32 Å². The molecule has 1 N–H and O–H groups in total. The van der Waals surface area contributed by atoms with E-state index in [9.17, 15) is 19.2 Å². The van der Waals surface area contributed by atoms with E-state index in [0.29, 0.717) is 23.7 Å². The number of imide groups is 1. The molecule has 4 amide bonds. The second-order valence-electron chi connectivity index (χ2n) is 7.40. The van der Waals surface area contributed by atoms with Gasteiger partial charge in [-0.25, -0.2) is 4.79 Å². The van der Waals surface area contributed by atoms with Gasteiger partial charge in [-0.1, -0.05) is 30.9 Å². The van der Waals surface area contributed by atoms with Gasteiger partial charge in [0.05, 0.1) is 17.3 Å². The van der Waals surface area contributed by atoms with E-state index in [4.69, 9.17) is 16.3 Å². The van der Waals surface area contributed by atoms with E-state index in [1.54, 1.807) is 13.1 Å². The Morgan fingerprint density at radius 1 is 1.28 bits per heavy atom. The number of nitrogens with zero attached hydrogens (tertiary/aromatic N) is 2. The number of carbonyl (C=O) groups is 4. The molecule has 0 atom stereocenters. The van der Waals surface area contributed by atoms with E-state index < -0.39 is 24.1 Å². The maximum atomic E-state index is 12.7. The highest BCUT2D eigenvalue weighted by atomic mass is 35.5. The SMILES string of the molecule is CN(Cc1ccc(Cl)s1)C(=O)COC(=O)CCN1C(=O)NC2(CCCCC2)C1=O. The summed E-state index contributed by atoms with van der Waals surface area (Å²) in [5.74, 6) is -1.24. The number of likely N-dealkylation sites (N-methyl/N-ethyl adjacent to an activating group) is 1. The molecule has 1 aliphatic heterocycles. The van der Waals surface area contributed by atoms with Gasteiger partial charge in [0.1, 0.15) is 5.54 Å². The fourth-order valence-corrected chi connectivity index (χ4v) is 4.80. The first-order valence-electron chi connectivity index (χ1n) is 9.59. The lowest BCUT2D eigenvalue weighted by Crippen LogP contribution is -2.48. The van der Waals surface area contributed by atoms with Gasteiger partial charge in [-0.05, 0) is 25.0 Å². The normalized spacial score (nSPS) is 18.1. The number of esters is 1. The summed E-state index contributed by atoms with van der Waals surface area (Å²) < 4.78 is 5.65. The molecule has 3 rings (SSSR count). The van der Waals surface area contributed by atoms with Gasteiger partial charge in [-0.2, -0.15) is 0 Å². The molecule has 0 aromatic carbocycles. The lowest BCUT2D eigenvalue weighted by molar-refractivity contribution is -0.152. The van der Waals surface area contributed by atoms with Crippen LogP contribution in [-0.4, -0.2) is 59.4 Å². The second kappa shape index (κ2) is 9.13. The molecule has 1 spiro atoms. The zero-order valence-electron chi connectivity index (χ0n) is 16.2. The minimum atomic E-state index is -0.803. The van der Waals surface area contributed by atoms with Gasteiger partial charge in [-0.15, -0.1) is 11.3 Å². The molecule has 1 saturated carbocycles. The van der Waals surface area contributed by atoms with Gasteiger partial charge in [-0.3, -0.25) is 19.3 Å². The molecule has 29 heavy (non-hydrogen) atoms. The molecular weight excluding hydrogens is 418 g/mol. The number of halogens is 1. The number of urea groups is 1. The third kappa shape index (κ3) is 5.08. The number of amides is 4. The molecule has 10 heteroatoms. The molecule has 1 aliphatic carbocycles. The van der Waals surface area contributed by atoms with Crippen molar-refractivity contribution in [2.45, 2.75) is 50.6 Å². The summed E-state index contributed by atoms with van der Waals surface area (Å²) in [4.78, 5) is 52.4. The van der Waals surface area contributed by atoms with E-state index >= 15 is 0 Å². The highest BCUT2D eigenvalue weighted by Crippen LogP contribution is 2.33. The molecular formula is C19H24ClN3O5S. The Morgan fingerprint density at radius 2 is 2.00 bits per heavy atom.